The lowest BCUT2D eigenvalue weighted by Crippen LogP contribution is -2.14. The van der Waals surface area contributed by atoms with Crippen LogP contribution in [0.1, 0.15) is 22.3 Å². The summed E-state index contributed by atoms with van der Waals surface area (Å²) in [6.07, 6.45) is 1.52. The molecule has 162 valence electrons. The van der Waals surface area contributed by atoms with Crippen molar-refractivity contribution in [2.24, 2.45) is 0 Å². The molecule has 0 spiro atoms. The molecule has 0 saturated carbocycles. The maximum atomic E-state index is 12.6. The van der Waals surface area contributed by atoms with E-state index in [0.29, 0.717) is 34.4 Å². The van der Waals surface area contributed by atoms with Crippen molar-refractivity contribution < 1.29 is 14.3 Å². The number of nitrogens with one attached hydrogen (secondary N) is 1. The van der Waals surface area contributed by atoms with Gasteiger partial charge in [0.2, 0.25) is 0 Å². The summed E-state index contributed by atoms with van der Waals surface area (Å²) in [4.78, 5) is 12.6. The van der Waals surface area contributed by atoms with Gasteiger partial charge in [-0.1, -0.05) is 47.5 Å². The molecule has 5 nitrogen and oxygen atoms in total. The Morgan fingerprint density at radius 3 is 2.59 bits per heavy atom. The molecule has 0 fully saturated rings. The number of amides is 1. The fourth-order valence-electron chi connectivity index (χ4n) is 3.14. The van der Waals surface area contributed by atoms with Gasteiger partial charge in [-0.05, 0) is 66.9 Å². The lowest BCUT2D eigenvalue weighted by atomic mass is 10.1. The standard InChI is InChI=1S/C26H23ClN2O3/c1-17-7-9-23(18(2)11-17)29-26(30)21(15-28)12-19-8-10-24(25(14-19)31-3)32-16-20-5-4-6-22(27)13-20/h4-14H,16H2,1-3H3,(H,29,30)/b21-12+. The summed E-state index contributed by atoms with van der Waals surface area (Å²) in [7, 11) is 1.53. The number of aryl methyl sites for hydroxylation is 2. The average molecular weight is 447 g/mol. The van der Waals surface area contributed by atoms with Crippen molar-refractivity contribution >= 4 is 29.3 Å². The van der Waals surface area contributed by atoms with Gasteiger partial charge in [0.15, 0.2) is 11.5 Å². The quantitative estimate of drug-likeness (QED) is 0.352. The molecule has 3 aromatic rings. The van der Waals surface area contributed by atoms with Gasteiger partial charge in [0.1, 0.15) is 18.2 Å². The highest BCUT2D eigenvalue weighted by Gasteiger charge is 2.12. The maximum absolute atomic E-state index is 12.6. The Morgan fingerprint density at radius 2 is 1.91 bits per heavy atom. The van der Waals surface area contributed by atoms with E-state index < -0.39 is 5.91 Å². The van der Waals surface area contributed by atoms with Crippen molar-refractivity contribution in [1.29, 1.82) is 5.26 Å². The summed E-state index contributed by atoms with van der Waals surface area (Å²) in [5, 5.41) is 13.0. The van der Waals surface area contributed by atoms with Crippen molar-refractivity contribution in [2.45, 2.75) is 20.5 Å². The Hall–Kier alpha value is -3.75. The van der Waals surface area contributed by atoms with E-state index in [1.54, 1.807) is 24.3 Å². The van der Waals surface area contributed by atoms with Gasteiger partial charge in [0.05, 0.1) is 7.11 Å². The highest BCUT2D eigenvalue weighted by Crippen LogP contribution is 2.30. The molecule has 3 rings (SSSR count). The molecule has 0 unspecified atom stereocenters. The van der Waals surface area contributed by atoms with Crippen LogP contribution in [0.15, 0.2) is 66.2 Å². The van der Waals surface area contributed by atoms with Gasteiger partial charge in [-0.25, -0.2) is 0 Å². The van der Waals surface area contributed by atoms with Crippen LogP contribution >= 0.6 is 11.6 Å². The van der Waals surface area contributed by atoms with E-state index >= 15 is 0 Å². The molecular weight excluding hydrogens is 424 g/mol. The van der Waals surface area contributed by atoms with Crippen LogP contribution in [-0.2, 0) is 11.4 Å². The number of rotatable bonds is 7. The molecule has 0 aromatic heterocycles. The average Bonchev–Trinajstić information content (AvgIpc) is 2.78. The Morgan fingerprint density at radius 1 is 1.09 bits per heavy atom. The third-order valence-corrected chi connectivity index (χ3v) is 5.01. The van der Waals surface area contributed by atoms with E-state index in [9.17, 15) is 10.1 Å². The molecule has 32 heavy (non-hydrogen) atoms. The van der Waals surface area contributed by atoms with E-state index in [0.717, 1.165) is 16.7 Å². The van der Waals surface area contributed by atoms with Gasteiger partial charge in [0, 0.05) is 10.7 Å². The first-order valence-electron chi connectivity index (χ1n) is 9.95. The van der Waals surface area contributed by atoms with E-state index in [2.05, 4.69) is 5.32 Å². The number of nitriles is 1. The number of anilines is 1. The Labute approximate surface area is 192 Å². The number of ether oxygens (including phenoxy) is 2. The lowest BCUT2D eigenvalue weighted by Gasteiger charge is -2.12. The number of carbonyl (C=O) groups is 1. The second-order valence-corrected chi connectivity index (χ2v) is 7.71. The molecule has 0 radical (unpaired) electrons. The Kier molecular flexibility index (Phi) is 7.54. The van der Waals surface area contributed by atoms with Crippen LogP contribution in [0, 0.1) is 25.2 Å². The number of nitrogens with zero attached hydrogens (tertiary/aromatic N) is 1. The normalized spacial score (nSPS) is 10.9. The zero-order valence-electron chi connectivity index (χ0n) is 18.1. The summed E-state index contributed by atoms with van der Waals surface area (Å²) >= 11 is 6.01. The first-order chi connectivity index (χ1) is 15.4. The summed E-state index contributed by atoms with van der Waals surface area (Å²) in [5.74, 6) is 0.565. The van der Waals surface area contributed by atoms with E-state index in [-0.39, 0.29) is 5.57 Å². The minimum atomic E-state index is -0.472. The molecule has 0 atom stereocenters. The van der Waals surface area contributed by atoms with Crippen LogP contribution in [0.25, 0.3) is 6.08 Å². The minimum absolute atomic E-state index is 0.0142. The molecule has 0 heterocycles. The molecular formula is C26H23ClN2O3. The van der Waals surface area contributed by atoms with Gasteiger partial charge in [-0.2, -0.15) is 5.26 Å². The molecule has 1 N–H and O–H groups in total. The molecule has 6 heteroatoms. The summed E-state index contributed by atoms with van der Waals surface area (Å²) < 4.78 is 11.3. The Balaban J connectivity index is 1.76. The zero-order valence-corrected chi connectivity index (χ0v) is 18.9. The molecule has 1 amide bonds. The molecule has 0 saturated heterocycles. The SMILES string of the molecule is COc1cc(/C=C(\C#N)C(=O)Nc2ccc(C)cc2C)ccc1OCc1cccc(Cl)c1. The van der Waals surface area contributed by atoms with E-state index in [4.69, 9.17) is 21.1 Å². The second-order valence-electron chi connectivity index (χ2n) is 7.27. The second kappa shape index (κ2) is 10.5. The molecule has 0 aliphatic carbocycles. The van der Waals surface area contributed by atoms with Crippen molar-refractivity contribution in [3.05, 3.63) is 93.5 Å². The van der Waals surface area contributed by atoms with Crippen LogP contribution in [-0.4, -0.2) is 13.0 Å². The van der Waals surface area contributed by atoms with Gasteiger partial charge >= 0.3 is 0 Å². The third-order valence-electron chi connectivity index (χ3n) is 4.78. The van der Waals surface area contributed by atoms with Gasteiger partial charge in [0.25, 0.3) is 5.91 Å². The fourth-order valence-corrected chi connectivity index (χ4v) is 3.35. The monoisotopic (exact) mass is 446 g/mol. The van der Waals surface area contributed by atoms with Crippen molar-refractivity contribution in [2.75, 3.05) is 12.4 Å². The first kappa shape index (κ1) is 22.9. The van der Waals surface area contributed by atoms with Crippen LogP contribution < -0.4 is 14.8 Å². The van der Waals surface area contributed by atoms with E-state index in [1.807, 2.05) is 56.3 Å². The number of carbonyl (C=O) groups excluding carboxylic acids is 1. The third kappa shape index (κ3) is 5.90. The number of hydrogen-bond acceptors (Lipinski definition) is 4. The minimum Gasteiger partial charge on any atom is -0.493 e. The number of hydrogen-bond donors (Lipinski definition) is 1. The summed E-state index contributed by atoms with van der Waals surface area (Å²) in [5.41, 5.74) is 4.26. The van der Waals surface area contributed by atoms with Crippen LogP contribution in [0.4, 0.5) is 5.69 Å². The smallest absolute Gasteiger partial charge is 0.266 e. The maximum Gasteiger partial charge on any atom is 0.266 e. The Bertz CT molecular complexity index is 1210. The fraction of sp³-hybridized carbons (Fsp3) is 0.154. The lowest BCUT2D eigenvalue weighted by molar-refractivity contribution is -0.112. The van der Waals surface area contributed by atoms with Crippen LogP contribution in [0.3, 0.4) is 0 Å². The summed E-state index contributed by atoms with van der Waals surface area (Å²) in [6, 6.07) is 20.3. The largest absolute Gasteiger partial charge is 0.493 e. The number of benzene rings is 3. The van der Waals surface area contributed by atoms with Gasteiger partial charge in [-0.15, -0.1) is 0 Å². The van der Waals surface area contributed by atoms with Crippen LogP contribution in [0.2, 0.25) is 5.02 Å². The number of methoxy groups -OCH3 is 1. The topological polar surface area (TPSA) is 71.3 Å². The zero-order chi connectivity index (χ0) is 23.1. The predicted octanol–water partition coefficient (Wildman–Crippen LogP) is 6.09. The van der Waals surface area contributed by atoms with Crippen molar-refractivity contribution in [3.63, 3.8) is 0 Å². The van der Waals surface area contributed by atoms with E-state index in [1.165, 1.54) is 13.2 Å². The van der Waals surface area contributed by atoms with Gasteiger partial charge in [-0.3, -0.25) is 4.79 Å². The molecule has 0 bridgehead atoms. The van der Waals surface area contributed by atoms with Crippen molar-refractivity contribution in [1.82, 2.24) is 0 Å². The highest BCUT2D eigenvalue weighted by atomic mass is 35.5. The van der Waals surface area contributed by atoms with Crippen molar-refractivity contribution in [3.8, 4) is 17.6 Å². The molecule has 0 aliphatic rings. The first-order valence-corrected chi connectivity index (χ1v) is 10.3. The summed E-state index contributed by atoms with van der Waals surface area (Å²) in [6.45, 7) is 4.22. The highest BCUT2D eigenvalue weighted by molar-refractivity contribution is 6.30. The van der Waals surface area contributed by atoms with Crippen LogP contribution in [0.5, 0.6) is 11.5 Å². The molecule has 3 aromatic carbocycles. The predicted molar refractivity (Wildman–Crippen MR) is 127 cm³/mol. The number of halogens is 1. The molecule has 0 aliphatic heterocycles. The van der Waals surface area contributed by atoms with Gasteiger partial charge < -0.3 is 14.8 Å².